The Hall–Kier alpha value is -4.07. The predicted octanol–water partition coefficient (Wildman–Crippen LogP) is 3.58. The summed E-state index contributed by atoms with van der Waals surface area (Å²) < 4.78 is 17.7. The zero-order chi connectivity index (χ0) is 22.2. The normalized spacial score (nSPS) is 10.7. The quantitative estimate of drug-likeness (QED) is 0.340. The molecule has 0 spiro atoms. The van der Waals surface area contributed by atoms with Crippen molar-refractivity contribution < 1.29 is 23.8 Å². The van der Waals surface area contributed by atoms with E-state index in [-0.39, 0.29) is 18.3 Å². The van der Waals surface area contributed by atoms with Gasteiger partial charge in [0.1, 0.15) is 6.61 Å². The molecule has 0 aliphatic heterocycles. The van der Waals surface area contributed by atoms with Crippen molar-refractivity contribution in [1.82, 2.24) is 9.78 Å². The second-order valence-corrected chi connectivity index (χ2v) is 6.57. The van der Waals surface area contributed by atoms with Crippen LogP contribution in [0.5, 0.6) is 17.4 Å². The molecular weight excluding hydrogens is 398 g/mol. The van der Waals surface area contributed by atoms with Crippen LogP contribution in [0.15, 0.2) is 60.8 Å². The summed E-state index contributed by atoms with van der Waals surface area (Å²) in [5.41, 5.74) is 2.15. The lowest BCUT2D eigenvalue weighted by Gasteiger charge is -2.11. The summed E-state index contributed by atoms with van der Waals surface area (Å²) >= 11 is 0. The molecule has 31 heavy (non-hydrogen) atoms. The maximum atomic E-state index is 12.4. The molecule has 1 amide bonds. The number of hydrogen-bond acceptors (Lipinski definition) is 6. The van der Waals surface area contributed by atoms with Gasteiger partial charge in [-0.05, 0) is 29.8 Å². The fraction of sp³-hybridized carbons (Fsp3) is 0.174. The van der Waals surface area contributed by atoms with Gasteiger partial charge in [0.05, 0.1) is 13.3 Å². The Bertz CT molecular complexity index is 1100. The number of para-hydroxylation sites is 1. The minimum Gasteiger partial charge on any atom is -0.493 e. The van der Waals surface area contributed by atoms with Gasteiger partial charge in [-0.15, -0.1) is 0 Å². The molecule has 0 bridgehead atoms. The van der Waals surface area contributed by atoms with Crippen molar-refractivity contribution in [1.29, 1.82) is 0 Å². The number of aromatic nitrogens is 2. The fourth-order valence-corrected chi connectivity index (χ4v) is 2.80. The molecule has 0 saturated carbocycles. The summed E-state index contributed by atoms with van der Waals surface area (Å²) in [5.74, 6) is 0.582. The van der Waals surface area contributed by atoms with Crippen LogP contribution in [0.2, 0.25) is 0 Å². The van der Waals surface area contributed by atoms with E-state index in [0.717, 1.165) is 5.56 Å². The first kappa shape index (κ1) is 21.6. The summed E-state index contributed by atoms with van der Waals surface area (Å²) in [5, 5.41) is 6.92. The van der Waals surface area contributed by atoms with Crippen LogP contribution in [-0.4, -0.2) is 28.8 Å². The standard InChI is InChI=1S/C23H23N3O5/c1-16(27)31-21-14-17(8-10-20(21)29-3)9-11-22(28)25-19-7-5-4-6-18(19)15-30-23-12-13-24-26(23)2/h4-14H,15H2,1-3H3,(H,25,28)/b11-9+. The SMILES string of the molecule is COc1ccc(/C=C/C(=O)Nc2ccccc2COc2ccnn2C)cc1OC(C)=O. The number of carbonyl (C=O) groups excluding carboxylic acids is 2. The van der Waals surface area contributed by atoms with E-state index in [1.807, 2.05) is 18.2 Å². The number of rotatable bonds is 8. The number of amides is 1. The van der Waals surface area contributed by atoms with Gasteiger partial charge in [-0.2, -0.15) is 5.10 Å². The molecule has 0 fully saturated rings. The van der Waals surface area contributed by atoms with Crippen LogP contribution < -0.4 is 19.5 Å². The van der Waals surface area contributed by atoms with Gasteiger partial charge in [-0.25, -0.2) is 4.68 Å². The lowest BCUT2D eigenvalue weighted by atomic mass is 10.1. The van der Waals surface area contributed by atoms with E-state index < -0.39 is 5.97 Å². The average molecular weight is 421 g/mol. The van der Waals surface area contributed by atoms with Crippen LogP contribution in [0.3, 0.4) is 0 Å². The van der Waals surface area contributed by atoms with Crippen LogP contribution in [0.25, 0.3) is 6.08 Å². The van der Waals surface area contributed by atoms with Gasteiger partial charge in [-0.1, -0.05) is 24.3 Å². The van der Waals surface area contributed by atoms with E-state index in [4.69, 9.17) is 14.2 Å². The maximum absolute atomic E-state index is 12.4. The Morgan fingerprint density at radius 2 is 1.94 bits per heavy atom. The third-order valence-electron chi connectivity index (χ3n) is 4.30. The van der Waals surface area contributed by atoms with E-state index >= 15 is 0 Å². The minimum atomic E-state index is -0.456. The lowest BCUT2D eigenvalue weighted by molar-refractivity contribution is -0.132. The molecule has 2 aromatic carbocycles. The summed E-state index contributed by atoms with van der Waals surface area (Å²) in [6.07, 6.45) is 4.68. The highest BCUT2D eigenvalue weighted by molar-refractivity contribution is 6.02. The number of esters is 1. The van der Waals surface area contributed by atoms with Crippen molar-refractivity contribution in [2.45, 2.75) is 13.5 Å². The van der Waals surface area contributed by atoms with Crippen molar-refractivity contribution >= 4 is 23.6 Å². The first-order valence-electron chi connectivity index (χ1n) is 9.50. The van der Waals surface area contributed by atoms with Gasteiger partial charge in [0.2, 0.25) is 11.8 Å². The third kappa shape index (κ3) is 5.96. The molecular formula is C23H23N3O5. The van der Waals surface area contributed by atoms with Gasteiger partial charge < -0.3 is 19.5 Å². The van der Waals surface area contributed by atoms with Gasteiger partial charge in [0.25, 0.3) is 0 Å². The number of hydrogen-bond donors (Lipinski definition) is 1. The average Bonchev–Trinajstić information content (AvgIpc) is 3.16. The molecule has 0 atom stereocenters. The summed E-state index contributed by atoms with van der Waals surface area (Å²) in [4.78, 5) is 23.7. The van der Waals surface area contributed by atoms with Crippen LogP contribution in [0.4, 0.5) is 5.69 Å². The number of nitrogens with one attached hydrogen (secondary N) is 1. The first-order valence-corrected chi connectivity index (χ1v) is 9.50. The fourth-order valence-electron chi connectivity index (χ4n) is 2.80. The zero-order valence-corrected chi connectivity index (χ0v) is 17.5. The highest BCUT2D eigenvalue weighted by atomic mass is 16.6. The third-order valence-corrected chi connectivity index (χ3v) is 4.30. The van der Waals surface area contributed by atoms with E-state index in [9.17, 15) is 9.59 Å². The molecule has 0 saturated heterocycles. The molecule has 0 aliphatic rings. The highest BCUT2D eigenvalue weighted by Gasteiger charge is 2.09. The van der Waals surface area contributed by atoms with Gasteiger partial charge in [0, 0.05) is 37.4 Å². The molecule has 1 N–H and O–H groups in total. The Kier molecular flexibility index (Phi) is 7.05. The Labute approximate surface area is 180 Å². The smallest absolute Gasteiger partial charge is 0.308 e. The number of methoxy groups -OCH3 is 1. The molecule has 1 heterocycles. The van der Waals surface area contributed by atoms with Crippen molar-refractivity contribution in [3.63, 3.8) is 0 Å². The zero-order valence-electron chi connectivity index (χ0n) is 17.5. The van der Waals surface area contributed by atoms with Gasteiger partial charge in [-0.3, -0.25) is 9.59 Å². The second kappa shape index (κ2) is 10.1. The monoisotopic (exact) mass is 421 g/mol. The predicted molar refractivity (Wildman–Crippen MR) is 116 cm³/mol. The molecule has 160 valence electrons. The van der Waals surface area contributed by atoms with Gasteiger partial charge in [0.15, 0.2) is 11.5 Å². The van der Waals surface area contributed by atoms with Crippen molar-refractivity contribution in [3.8, 4) is 17.4 Å². The Morgan fingerprint density at radius 1 is 1.13 bits per heavy atom. The molecule has 8 heteroatoms. The van der Waals surface area contributed by atoms with Crippen molar-refractivity contribution in [2.75, 3.05) is 12.4 Å². The number of benzene rings is 2. The van der Waals surface area contributed by atoms with Crippen LogP contribution >= 0.6 is 0 Å². The topological polar surface area (TPSA) is 91.7 Å². The van der Waals surface area contributed by atoms with Crippen molar-refractivity contribution in [3.05, 3.63) is 71.9 Å². The van der Waals surface area contributed by atoms with Crippen LogP contribution in [0.1, 0.15) is 18.1 Å². The number of carbonyl (C=O) groups is 2. The lowest BCUT2D eigenvalue weighted by Crippen LogP contribution is -2.11. The van der Waals surface area contributed by atoms with E-state index in [1.165, 1.54) is 20.1 Å². The summed E-state index contributed by atoms with van der Waals surface area (Å²) in [6.45, 7) is 1.59. The molecule has 3 aromatic rings. The number of aryl methyl sites for hydroxylation is 1. The largest absolute Gasteiger partial charge is 0.493 e. The van der Waals surface area contributed by atoms with E-state index in [0.29, 0.717) is 22.9 Å². The summed E-state index contributed by atoms with van der Waals surface area (Å²) in [6, 6.07) is 14.2. The van der Waals surface area contributed by atoms with Crippen LogP contribution in [0, 0.1) is 0 Å². The molecule has 0 radical (unpaired) electrons. The Balaban J connectivity index is 1.67. The minimum absolute atomic E-state index is 0.282. The Morgan fingerprint density at radius 3 is 2.65 bits per heavy atom. The number of nitrogens with zero attached hydrogens (tertiary/aromatic N) is 2. The number of anilines is 1. The van der Waals surface area contributed by atoms with Gasteiger partial charge >= 0.3 is 5.97 Å². The van der Waals surface area contributed by atoms with E-state index in [1.54, 1.807) is 54.3 Å². The highest BCUT2D eigenvalue weighted by Crippen LogP contribution is 2.28. The summed E-state index contributed by atoms with van der Waals surface area (Å²) in [7, 11) is 3.28. The molecule has 0 aliphatic carbocycles. The second-order valence-electron chi connectivity index (χ2n) is 6.57. The first-order chi connectivity index (χ1) is 15.0. The molecule has 0 unspecified atom stereocenters. The van der Waals surface area contributed by atoms with E-state index in [2.05, 4.69) is 10.4 Å². The van der Waals surface area contributed by atoms with Crippen molar-refractivity contribution in [2.24, 2.45) is 7.05 Å². The molecule has 1 aromatic heterocycles. The molecule has 8 nitrogen and oxygen atoms in total. The maximum Gasteiger partial charge on any atom is 0.308 e. The molecule has 3 rings (SSSR count). The van der Waals surface area contributed by atoms with Crippen LogP contribution in [-0.2, 0) is 23.2 Å². The number of ether oxygens (including phenoxy) is 3.